The molecule has 0 saturated carbocycles. The van der Waals surface area contributed by atoms with Gasteiger partial charge in [0, 0.05) is 16.8 Å². The van der Waals surface area contributed by atoms with Gasteiger partial charge in [0.2, 0.25) is 5.78 Å². The van der Waals surface area contributed by atoms with Gasteiger partial charge >= 0.3 is 0 Å². The number of anilines is 1. The van der Waals surface area contributed by atoms with E-state index in [0.717, 1.165) is 0 Å². The van der Waals surface area contributed by atoms with Crippen LogP contribution in [0.5, 0.6) is 0 Å². The van der Waals surface area contributed by atoms with E-state index in [2.05, 4.69) is 4.98 Å². The first-order valence-corrected chi connectivity index (χ1v) is 9.09. The zero-order valence-corrected chi connectivity index (χ0v) is 15.4. The maximum absolute atomic E-state index is 13.2. The highest BCUT2D eigenvalue weighted by Crippen LogP contribution is 2.42. The standard InChI is InChI=1S/C22H15ClN2O3/c23-16-11-5-4-10-15(16)19-18(20(26)14-8-2-1-3-9-14)21(27)22(28)25(19)17-12-6-7-13-24-17/h1-13,18-19H. The summed E-state index contributed by atoms with van der Waals surface area (Å²) in [4.78, 5) is 44.5. The van der Waals surface area contributed by atoms with Crippen molar-refractivity contribution in [3.63, 3.8) is 0 Å². The zero-order valence-electron chi connectivity index (χ0n) is 14.7. The molecule has 1 saturated heterocycles. The maximum Gasteiger partial charge on any atom is 0.297 e. The van der Waals surface area contributed by atoms with Crippen LogP contribution in [0.25, 0.3) is 0 Å². The van der Waals surface area contributed by atoms with Crippen molar-refractivity contribution in [2.24, 2.45) is 5.92 Å². The van der Waals surface area contributed by atoms with Crippen LogP contribution in [0.1, 0.15) is 22.0 Å². The summed E-state index contributed by atoms with van der Waals surface area (Å²) in [5.41, 5.74) is 0.900. The second-order valence-corrected chi connectivity index (χ2v) is 6.81. The lowest BCUT2D eigenvalue weighted by Gasteiger charge is -2.27. The molecule has 0 aliphatic carbocycles. The Morgan fingerprint density at radius 3 is 2.25 bits per heavy atom. The van der Waals surface area contributed by atoms with Crippen LogP contribution >= 0.6 is 11.6 Å². The molecule has 138 valence electrons. The molecule has 1 amide bonds. The average Bonchev–Trinajstić information content (AvgIpc) is 3.00. The highest BCUT2D eigenvalue weighted by molar-refractivity contribution is 6.49. The van der Waals surface area contributed by atoms with Crippen LogP contribution in [0, 0.1) is 5.92 Å². The molecule has 1 aliphatic heterocycles. The number of carbonyl (C=O) groups is 3. The molecule has 6 heteroatoms. The highest BCUT2D eigenvalue weighted by Gasteiger charge is 2.53. The number of carbonyl (C=O) groups excluding carboxylic acids is 3. The quantitative estimate of drug-likeness (QED) is 0.385. The van der Waals surface area contributed by atoms with Gasteiger partial charge in [0.05, 0.1) is 6.04 Å². The first kappa shape index (κ1) is 18.1. The predicted molar refractivity (Wildman–Crippen MR) is 105 cm³/mol. The molecule has 5 nitrogen and oxygen atoms in total. The van der Waals surface area contributed by atoms with E-state index in [0.29, 0.717) is 22.0 Å². The summed E-state index contributed by atoms with van der Waals surface area (Å²) >= 11 is 6.39. The molecule has 2 heterocycles. The number of ketones is 2. The number of benzene rings is 2. The summed E-state index contributed by atoms with van der Waals surface area (Å²) in [5.74, 6) is -2.84. The predicted octanol–water partition coefficient (Wildman–Crippen LogP) is 3.89. The van der Waals surface area contributed by atoms with Crippen LogP contribution in [0.15, 0.2) is 79.0 Å². The van der Waals surface area contributed by atoms with Crippen molar-refractivity contribution >= 4 is 34.9 Å². The smallest absolute Gasteiger partial charge is 0.293 e. The van der Waals surface area contributed by atoms with Gasteiger partial charge in [-0.3, -0.25) is 19.3 Å². The molecule has 4 rings (SSSR count). The van der Waals surface area contributed by atoms with Crippen molar-refractivity contribution in [1.82, 2.24) is 4.98 Å². The Morgan fingerprint density at radius 1 is 0.893 bits per heavy atom. The summed E-state index contributed by atoms with van der Waals surface area (Å²) in [5, 5.41) is 0.377. The first-order valence-electron chi connectivity index (χ1n) is 8.71. The molecule has 1 aromatic heterocycles. The van der Waals surface area contributed by atoms with Crippen LogP contribution in [0.3, 0.4) is 0 Å². The van der Waals surface area contributed by atoms with Gasteiger partial charge in [-0.1, -0.05) is 66.2 Å². The van der Waals surface area contributed by atoms with Crippen molar-refractivity contribution < 1.29 is 14.4 Å². The van der Waals surface area contributed by atoms with Crippen LogP contribution in [0.2, 0.25) is 5.02 Å². The Morgan fingerprint density at radius 2 is 1.57 bits per heavy atom. The third kappa shape index (κ3) is 3.00. The number of nitrogens with zero attached hydrogens (tertiary/aromatic N) is 2. The summed E-state index contributed by atoms with van der Waals surface area (Å²) in [7, 11) is 0. The van der Waals surface area contributed by atoms with Gasteiger partial charge in [-0.2, -0.15) is 0 Å². The fourth-order valence-electron chi connectivity index (χ4n) is 3.49. The number of Topliss-reactive ketones (excluding diaryl/α,β-unsaturated/α-hetero) is 2. The van der Waals surface area contributed by atoms with Gasteiger partial charge in [0.15, 0.2) is 5.78 Å². The number of hydrogen-bond donors (Lipinski definition) is 0. The Labute approximate surface area is 166 Å². The number of aromatic nitrogens is 1. The third-order valence-electron chi connectivity index (χ3n) is 4.77. The van der Waals surface area contributed by atoms with E-state index in [1.165, 1.54) is 11.1 Å². The van der Waals surface area contributed by atoms with Crippen molar-refractivity contribution in [3.8, 4) is 0 Å². The molecule has 28 heavy (non-hydrogen) atoms. The van der Waals surface area contributed by atoms with Gasteiger partial charge in [-0.05, 0) is 23.8 Å². The lowest BCUT2D eigenvalue weighted by molar-refractivity contribution is -0.135. The molecular formula is C22H15ClN2O3. The highest BCUT2D eigenvalue weighted by atomic mass is 35.5. The molecule has 0 spiro atoms. The van der Waals surface area contributed by atoms with E-state index in [-0.39, 0.29) is 0 Å². The van der Waals surface area contributed by atoms with E-state index < -0.39 is 29.4 Å². The van der Waals surface area contributed by atoms with Gasteiger partial charge in [0.1, 0.15) is 11.7 Å². The van der Waals surface area contributed by atoms with Gasteiger partial charge in [-0.25, -0.2) is 4.98 Å². The monoisotopic (exact) mass is 390 g/mol. The second kappa shape index (κ2) is 7.37. The minimum Gasteiger partial charge on any atom is -0.293 e. The summed E-state index contributed by atoms with van der Waals surface area (Å²) < 4.78 is 0. The second-order valence-electron chi connectivity index (χ2n) is 6.40. The Kier molecular flexibility index (Phi) is 4.75. The summed E-state index contributed by atoms with van der Waals surface area (Å²) in [6.45, 7) is 0. The van der Waals surface area contributed by atoms with E-state index in [4.69, 9.17) is 11.6 Å². The van der Waals surface area contributed by atoms with Gasteiger partial charge < -0.3 is 0 Å². The minimum atomic E-state index is -1.20. The van der Waals surface area contributed by atoms with E-state index in [1.54, 1.807) is 72.8 Å². The molecule has 2 atom stereocenters. The maximum atomic E-state index is 13.2. The molecule has 0 N–H and O–H groups in total. The summed E-state index contributed by atoms with van der Waals surface area (Å²) in [6, 6.07) is 19.6. The van der Waals surface area contributed by atoms with Crippen molar-refractivity contribution in [3.05, 3.63) is 95.1 Å². The molecular weight excluding hydrogens is 376 g/mol. The topological polar surface area (TPSA) is 67.3 Å². The summed E-state index contributed by atoms with van der Waals surface area (Å²) in [6.07, 6.45) is 1.53. The lowest BCUT2D eigenvalue weighted by atomic mass is 9.86. The molecule has 0 radical (unpaired) electrons. The Bertz CT molecular complexity index is 1050. The molecule has 2 unspecified atom stereocenters. The van der Waals surface area contributed by atoms with Crippen molar-refractivity contribution in [2.45, 2.75) is 6.04 Å². The number of amides is 1. The van der Waals surface area contributed by atoms with Crippen LogP contribution in [0.4, 0.5) is 5.82 Å². The zero-order chi connectivity index (χ0) is 19.7. The number of hydrogen-bond acceptors (Lipinski definition) is 4. The van der Waals surface area contributed by atoms with Gasteiger partial charge in [0.25, 0.3) is 5.91 Å². The minimum absolute atomic E-state index is 0.300. The number of pyridine rings is 1. The van der Waals surface area contributed by atoms with Crippen LogP contribution in [-0.4, -0.2) is 22.5 Å². The lowest BCUT2D eigenvalue weighted by Crippen LogP contribution is -2.31. The van der Waals surface area contributed by atoms with E-state index >= 15 is 0 Å². The number of rotatable bonds is 4. The van der Waals surface area contributed by atoms with Crippen LogP contribution < -0.4 is 4.90 Å². The molecule has 3 aromatic rings. The fraction of sp³-hybridized carbons (Fsp3) is 0.0909. The van der Waals surface area contributed by atoms with Crippen LogP contribution in [-0.2, 0) is 9.59 Å². The first-order chi connectivity index (χ1) is 13.6. The SMILES string of the molecule is O=C1C(=O)N(c2ccccn2)C(c2ccccc2Cl)C1C(=O)c1ccccc1. The van der Waals surface area contributed by atoms with Gasteiger partial charge in [-0.15, -0.1) is 0 Å². The largest absolute Gasteiger partial charge is 0.297 e. The third-order valence-corrected chi connectivity index (χ3v) is 5.11. The van der Waals surface area contributed by atoms with Crippen molar-refractivity contribution in [2.75, 3.05) is 4.90 Å². The number of halogens is 1. The molecule has 2 aromatic carbocycles. The molecule has 1 fully saturated rings. The Balaban J connectivity index is 1.89. The van der Waals surface area contributed by atoms with Crippen molar-refractivity contribution in [1.29, 1.82) is 0 Å². The average molecular weight is 391 g/mol. The normalized spacial score (nSPS) is 19.1. The fourth-order valence-corrected chi connectivity index (χ4v) is 3.74. The van der Waals surface area contributed by atoms with E-state index in [1.807, 2.05) is 0 Å². The Hall–Kier alpha value is -3.31. The molecule has 1 aliphatic rings. The van der Waals surface area contributed by atoms with E-state index in [9.17, 15) is 14.4 Å². The molecule has 0 bridgehead atoms.